The first-order valence-corrected chi connectivity index (χ1v) is 4.55. The molecule has 0 fully saturated rings. The lowest BCUT2D eigenvalue weighted by Crippen LogP contribution is -2.28. The minimum absolute atomic E-state index is 0.202. The molecule has 0 radical (unpaired) electrons. The lowest BCUT2D eigenvalue weighted by atomic mass is 10.2. The molecular weight excluding hydrogens is 202 g/mol. The fourth-order valence-corrected chi connectivity index (χ4v) is 1.04. The van der Waals surface area contributed by atoms with E-state index in [0.717, 1.165) is 0 Å². The summed E-state index contributed by atoms with van der Waals surface area (Å²) in [6, 6.07) is 0. The van der Waals surface area contributed by atoms with E-state index < -0.39 is 18.0 Å². The maximum Gasteiger partial charge on any atom is 0.307 e. The van der Waals surface area contributed by atoms with Crippen molar-refractivity contribution in [2.45, 2.75) is 32.8 Å². The average molecular weight is 217 g/mol. The number of rotatable bonds is 6. The van der Waals surface area contributed by atoms with Gasteiger partial charge in [-0.2, -0.15) is 0 Å². The van der Waals surface area contributed by atoms with Crippen LogP contribution in [0.2, 0.25) is 0 Å². The lowest BCUT2D eigenvalue weighted by molar-refractivity contribution is -0.150. The van der Waals surface area contributed by atoms with Crippen LogP contribution in [0.3, 0.4) is 0 Å². The van der Waals surface area contributed by atoms with E-state index in [0.29, 0.717) is 13.0 Å². The fourth-order valence-electron chi connectivity index (χ4n) is 1.04. The van der Waals surface area contributed by atoms with Gasteiger partial charge in [0.2, 0.25) is 5.91 Å². The van der Waals surface area contributed by atoms with Crippen molar-refractivity contribution >= 4 is 17.8 Å². The zero-order chi connectivity index (χ0) is 11.8. The van der Waals surface area contributed by atoms with Crippen molar-refractivity contribution in [3.8, 4) is 0 Å². The van der Waals surface area contributed by atoms with Crippen LogP contribution in [0.5, 0.6) is 0 Å². The van der Waals surface area contributed by atoms with Crippen LogP contribution in [-0.2, 0) is 19.1 Å². The molecule has 0 rings (SSSR count). The van der Waals surface area contributed by atoms with Crippen LogP contribution in [0.1, 0.15) is 26.7 Å². The maximum absolute atomic E-state index is 10.6. The molecule has 0 aromatic heterocycles. The van der Waals surface area contributed by atoms with E-state index in [4.69, 9.17) is 9.84 Å². The molecule has 2 N–H and O–H groups in total. The first-order valence-electron chi connectivity index (χ1n) is 4.55. The summed E-state index contributed by atoms with van der Waals surface area (Å²) < 4.78 is 4.77. The summed E-state index contributed by atoms with van der Waals surface area (Å²) in [5.41, 5.74) is 0. The highest BCUT2D eigenvalue weighted by molar-refractivity contribution is 5.72. The standard InChI is InChI=1S/C9H15NO5/c1-6(11)10-4-3-8(5-9(13)14)15-7(2)12/h8H,3-5H2,1-2H3,(H,10,11)(H,13,14). The van der Waals surface area contributed by atoms with Crippen molar-refractivity contribution in [2.75, 3.05) is 6.54 Å². The van der Waals surface area contributed by atoms with E-state index in [1.807, 2.05) is 0 Å². The van der Waals surface area contributed by atoms with Gasteiger partial charge in [-0.1, -0.05) is 0 Å². The summed E-state index contributed by atoms with van der Waals surface area (Å²) in [5, 5.41) is 11.0. The highest BCUT2D eigenvalue weighted by Gasteiger charge is 2.15. The predicted octanol–water partition coefficient (Wildman–Crippen LogP) is -0.0810. The van der Waals surface area contributed by atoms with E-state index >= 15 is 0 Å². The Balaban J connectivity index is 3.94. The summed E-state index contributed by atoms with van der Waals surface area (Å²) >= 11 is 0. The van der Waals surface area contributed by atoms with Crippen molar-refractivity contribution < 1.29 is 24.2 Å². The summed E-state index contributed by atoms with van der Waals surface area (Å²) in [7, 11) is 0. The van der Waals surface area contributed by atoms with Crippen LogP contribution < -0.4 is 5.32 Å². The molecular formula is C9H15NO5. The molecule has 0 heterocycles. The van der Waals surface area contributed by atoms with Gasteiger partial charge in [0.15, 0.2) is 0 Å². The molecule has 1 atom stereocenters. The smallest absolute Gasteiger partial charge is 0.307 e. The first-order chi connectivity index (χ1) is 6.91. The van der Waals surface area contributed by atoms with Crippen LogP contribution >= 0.6 is 0 Å². The SMILES string of the molecule is CC(=O)NCCC(CC(=O)O)OC(C)=O. The summed E-state index contributed by atoms with van der Waals surface area (Å²) in [4.78, 5) is 31.6. The second kappa shape index (κ2) is 6.80. The van der Waals surface area contributed by atoms with Gasteiger partial charge in [0.05, 0.1) is 6.42 Å². The number of amides is 1. The highest BCUT2D eigenvalue weighted by Crippen LogP contribution is 2.03. The number of hydrogen-bond donors (Lipinski definition) is 2. The van der Waals surface area contributed by atoms with Crippen molar-refractivity contribution in [3.63, 3.8) is 0 Å². The molecule has 0 spiro atoms. The molecule has 0 aromatic rings. The summed E-state index contributed by atoms with van der Waals surface area (Å²) in [6.07, 6.45) is -0.642. The Morgan fingerprint density at radius 2 is 1.93 bits per heavy atom. The zero-order valence-corrected chi connectivity index (χ0v) is 8.78. The van der Waals surface area contributed by atoms with Crippen molar-refractivity contribution in [3.05, 3.63) is 0 Å². The molecule has 0 aliphatic heterocycles. The summed E-state index contributed by atoms with van der Waals surface area (Å²) in [6.45, 7) is 2.87. The molecule has 0 saturated carbocycles. The molecule has 1 amide bonds. The molecule has 0 aliphatic carbocycles. The topological polar surface area (TPSA) is 92.7 Å². The fraction of sp³-hybridized carbons (Fsp3) is 0.667. The van der Waals surface area contributed by atoms with Gasteiger partial charge in [-0.3, -0.25) is 14.4 Å². The molecule has 0 saturated heterocycles. The minimum atomic E-state index is -1.04. The Morgan fingerprint density at radius 3 is 2.33 bits per heavy atom. The van der Waals surface area contributed by atoms with Crippen LogP contribution in [-0.4, -0.2) is 35.6 Å². The van der Waals surface area contributed by atoms with Crippen molar-refractivity contribution in [1.29, 1.82) is 0 Å². The van der Waals surface area contributed by atoms with E-state index in [2.05, 4.69) is 5.32 Å². The second-order valence-electron chi connectivity index (χ2n) is 3.10. The first kappa shape index (κ1) is 13.4. The van der Waals surface area contributed by atoms with Gasteiger partial charge in [0.1, 0.15) is 6.10 Å². The normalized spacial score (nSPS) is 11.6. The second-order valence-corrected chi connectivity index (χ2v) is 3.10. The zero-order valence-electron chi connectivity index (χ0n) is 8.78. The number of esters is 1. The Labute approximate surface area is 87.6 Å². The van der Waals surface area contributed by atoms with Crippen LogP contribution in [0, 0.1) is 0 Å². The third-order valence-electron chi connectivity index (χ3n) is 1.58. The van der Waals surface area contributed by atoms with Gasteiger partial charge in [-0.15, -0.1) is 0 Å². The van der Waals surface area contributed by atoms with Gasteiger partial charge in [-0.25, -0.2) is 0 Å². The van der Waals surface area contributed by atoms with Gasteiger partial charge < -0.3 is 15.2 Å². The molecule has 6 heteroatoms. The van der Waals surface area contributed by atoms with E-state index in [1.54, 1.807) is 0 Å². The average Bonchev–Trinajstić information content (AvgIpc) is 2.00. The van der Waals surface area contributed by atoms with E-state index in [9.17, 15) is 14.4 Å². The Hall–Kier alpha value is -1.59. The molecule has 6 nitrogen and oxygen atoms in total. The quantitative estimate of drug-likeness (QED) is 0.607. The largest absolute Gasteiger partial charge is 0.481 e. The number of hydrogen-bond acceptors (Lipinski definition) is 4. The molecule has 86 valence electrons. The predicted molar refractivity (Wildman–Crippen MR) is 51.1 cm³/mol. The van der Waals surface area contributed by atoms with Crippen LogP contribution in [0.25, 0.3) is 0 Å². The number of nitrogens with one attached hydrogen (secondary N) is 1. The van der Waals surface area contributed by atoms with Crippen molar-refractivity contribution in [2.24, 2.45) is 0 Å². The lowest BCUT2D eigenvalue weighted by Gasteiger charge is -2.14. The van der Waals surface area contributed by atoms with Gasteiger partial charge >= 0.3 is 11.9 Å². The third-order valence-corrected chi connectivity index (χ3v) is 1.58. The highest BCUT2D eigenvalue weighted by atomic mass is 16.5. The third kappa shape index (κ3) is 8.73. The number of carboxylic acids is 1. The monoisotopic (exact) mass is 217 g/mol. The van der Waals surface area contributed by atoms with Gasteiger partial charge in [-0.05, 0) is 0 Å². The van der Waals surface area contributed by atoms with E-state index in [1.165, 1.54) is 13.8 Å². The molecule has 15 heavy (non-hydrogen) atoms. The van der Waals surface area contributed by atoms with Gasteiger partial charge in [0.25, 0.3) is 0 Å². The van der Waals surface area contributed by atoms with Crippen molar-refractivity contribution in [1.82, 2.24) is 5.32 Å². The molecule has 1 unspecified atom stereocenters. The van der Waals surface area contributed by atoms with Crippen LogP contribution in [0.4, 0.5) is 0 Å². The Bertz CT molecular complexity index is 235. The Morgan fingerprint density at radius 1 is 1.33 bits per heavy atom. The van der Waals surface area contributed by atoms with Gasteiger partial charge in [0, 0.05) is 26.8 Å². The molecule has 0 aliphatic rings. The minimum Gasteiger partial charge on any atom is -0.481 e. The number of carboxylic acid groups (broad SMARTS) is 1. The maximum atomic E-state index is 10.6. The van der Waals surface area contributed by atoms with E-state index in [-0.39, 0.29) is 12.3 Å². The Kier molecular flexibility index (Phi) is 6.08. The number of ether oxygens (including phenoxy) is 1. The number of carbonyl (C=O) groups excluding carboxylic acids is 2. The summed E-state index contributed by atoms with van der Waals surface area (Å²) in [5.74, 6) is -1.76. The molecule has 0 bridgehead atoms. The number of aliphatic carboxylic acids is 1. The van der Waals surface area contributed by atoms with Crippen LogP contribution in [0.15, 0.2) is 0 Å². The number of carbonyl (C=O) groups is 3. The molecule has 0 aromatic carbocycles.